The molecule has 1 aromatic carbocycles. The highest BCUT2D eigenvalue weighted by molar-refractivity contribution is 6.39. The van der Waals surface area contributed by atoms with E-state index in [9.17, 15) is 4.79 Å². The fourth-order valence-corrected chi connectivity index (χ4v) is 2.31. The third-order valence-corrected chi connectivity index (χ3v) is 3.73. The van der Waals surface area contributed by atoms with E-state index in [4.69, 9.17) is 28.9 Å². The number of nitrogen functional groups attached to an aromatic ring is 1. The predicted molar refractivity (Wildman–Crippen MR) is 67.2 cm³/mol. The summed E-state index contributed by atoms with van der Waals surface area (Å²) in [5, 5.41) is 0.703. The molecular weight excluding hydrogens is 245 g/mol. The van der Waals surface area contributed by atoms with Gasteiger partial charge in [-0.15, -0.1) is 0 Å². The molecule has 0 atom stereocenters. The van der Waals surface area contributed by atoms with Crippen LogP contribution in [-0.4, -0.2) is 5.78 Å². The highest BCUT2D eigenvalue weighted by Crippen LogP contribution is 2.33. The van der Waals surface area contributed by atoms with Crippen LogP contribution < -0.4 is 5.73 Å². The van der Waals surface area contributed by atoms with Crippen LogP contribution >= 0.6 is 23.2 Å². The molecule has 1 aromatic rings. The van der Waals surface area contributed by atoms with Gasteiger partial charge in [0.25, 0.3) is 0 Å². The van der Waals surface area contributed by atoms with Crippen molar-refractivity contribution in [1.29, 1.82) is 0 Å². The van der Waals surface area contributed by atoms with Crippen LogP contribution in [0.2, 0.25) is 10.0 Å². The number of anilines is 1. The fourth-order valence-electron chi connectivity index (χ4n) is 1.82. The van der Waals surface area contributed by atoms with Gasteiger partial charge in [0.15, 0.2) is 5.78 Å². The van der Waals surface area contributed by atoms with Crippen molar-refractivity contribution in [2.75, 3.05) is 5.73 Å². The second kappa shape index (κ2) is 4.64. The van der Waals surface area contributed by atoms with E-state index < -0.39 is 0 Å². The third-order valence-electron chi connectivity index (χ3n) is 3.10. The van der Waals surface area contributed by atoms with Crippen LogP contribution in [-0.2, 0) is 0 Å². The molecule has 0 aliphatic heterocycles. The molecule has 2 rings (SSSR count). The molecule has 1 aliphatic carbocycles. The van der Waals surface area contributed by atoms with Crippen molar-refractivity contribution in [3.63, 3.8) is 0 Å². The zero-order valence-corrected chi connectivity index (χ0v) is 10.3. The van der Waals surface area contributed by atoms with Crippen molar-refractivity contribution in [2.24, 2.45) is 5.92 Å². The fraction of sp³-hybridized carbons (Fsp3) is 0.417. The minimum atomic E-state index is 0.105. The Kier molecular flexibility index (Phi) is 3.41. The van der Waals surface area contributed by atoms with Crippen molar-refractivity contribution in [1.82, 2.24) is 0 Å². The van der Waals surface area contributed by atoms with Gasteiger partial charge in [0.05, 0.1) is 15.7 Å². The first kappa shape index (κ1) is 11.7. The molecule has 0 aromatic heterocycles. The summed E-state index contributed by atoms with van der Waals surface area (Å²) in [7, 11) is 0. The van der Waals surface area contributed by atoms with Crippen LogP contribution in [0.5, 0.6) is 0 Å². The molecule has 0 radical (unpaired) electrons. The van der Waals surface area contributed by atoms with Gasteiger partial charge in [-0.2, -0.15) is 0 Å². The largest absolute Gasteiger partial charge is 0.396 e. The molecule has 0 amide bonds. The normalized spacial score (nSPS) is 15.9. The van der Waals surface area contributed by atoms with Crippen LogP contribution in [0.3, 0.4) is 0 Å². The van der Waals surface area contributed by atoms with Crippen molar-refractivity contribution in [2.45, 2.75) is 25.7 Å². The van der Waals surface area contributed by atoms with Crippen LogP contribution in [0.4, 0.5) is 5.69 Å². The lowest BCUT2D eigenvalue weighted by atomic mass is 9.81. The Bertz CT molecular complexity index is 404. The zero-order valence-electron chi connectivity index (χ0n) is 8.80. The first-order valence-corrected chi connectivity index (χ1v) is 6.11. The van der Waals surface area contributed by atoms with E-state index in [0.29, 0.717) is 33.6 Å². The summed E-state index contributed by atoms with van der Waals surface area (Å²) < 4.78 is 0. The van der Waals surface area contributed by atoms with E-state index in [1.807, 2.05) is 0 Å². The molecule has 1 saturated carbocycles. The number of rotatable bonds is 3. The van der Waals surface area contributed by atoms with Gasteiger partial charge in [-0.1, -0.05) is 42.5 Å². The van der Waals surface area contributed by atoms with Crippen molar-refractivity contribution >= 4 is 34.7 Å². The molecule has 0 saturated heterocycles. The quantitative estimate of drug-likeness (QED) is 0.658. The first-order valence-electron chi connectivity index (χ1n) is 5.35. The number of hydrogen-bond acceptors (Lipinski definition) is 2. The Balaban J connectivity index is 2.16. The monoisotopic (exact) mass is 257 g/mol. The van der Waals surface area contributed by atoms with E-state index >= 15 is 0 Å². The average Bonchev–Trinajstić information content (AvgIpc) is 2.19. The number of nitrogens with two attached hydrogens (primary N) is 1. The standard InChI is InChI=1S/C12H13Cl2NO/c13-9-5-8(6-10(14)12(9)15)11(16)4-7-2-1-3-7/h5-7H,1-4,15H2. The molecule has 2 N–H and O–H groups in total. The minimum Gasteiger partial charge on any atom is -0.396 e. The van der Waals surface area contributed by atoms with Crippen molar-refractivity contribution < 1.29 is 4.79 Å². The molecule has 1 fully saturated rings. The molecule has 86 valence electrons. The number of carbonyl (C=O) groups excluding carboxylic acids is 1. The SMILES string of the molecule is Nc1c(Cl)cc(C(=O)CC2CCC2)cc1Cl. The molecule has 16 heavy (non-hydrogen) atoms. The zero-order chi connectivity index (χ0) is 11.7. The lowest BCUT2D eigenvalue weighted by Crippen LogP contribution is -2.16. The molecule has 4 heteroatoms. The molecule has 0 spiro atoms. The van der Waals surface area contributed by atoms with Crippen LogP contribution in [0, 0.1) is 5.92 Å². The topological polar surface area (TPSA) is 43.1 Å². The second-order valence-corrected chi connectivity index (χ2v) is 5.09. The second-order valence-electron chi connectivity index (χ2n) is 4.28. The Morgan fingerprint density at radius 2 is 1.88 bits per heavy atom. The highest BCUT2D eigenvalue weighted by atomic mass is 35.5. The Labute approximate surface area is 105 Å². The summed E-state index contributed by atoms with van der Waals surface area (Å²) in [5.41, 5.74) is 6.52. The summed E-state index contributed by atoms with van der Waals surface area (Å²) in [6.45, 7) is 0. The van der Waals surface area contributed by atoms with E-state index in [1.165, 1.54) is 6.42 Å². The van der Waals surface area contributed by atoms with Gasteiger partial charge in [0.2, 0.25) is 0 Å². The molecular formula is C12H13Cl2NO. The van der Waals surface area contributed by atoms with Crippen LogP contribution in [0.15, 0.2) is 12.1 Å². The summed E-state index contributed by atoms with van der Waals surface area (Å²) in [6, 6.07) is 3.20. The van der Waals surface area contributed by atoms with Gasteiger partial charge in [-0.05, 0) is 18.1 Å². The maximum atomic E-state index is 11.9. The molecule has 2 nitrogen and oxygen atoms in total. The number of carbonyl (C=O) groups is 1. The minimum absolute atomic E-state index is 0.105. The van der Waals surface area contributed by atoms with Gasteiger partial charge in [-0.3, -0.25) is 4.79 Å². The lowest BCUT2D eigenvalue weighted by Gasteiger charge is -2.24. The molecule has 1 aliphatic rings. The molecule has 0 bridgehead atoms. The smallest absolute Gasteiger partial charge is 0.163 e. The van der Waals surface area contributed by atoms with Crippen LogP contribution in [0.1, 0.15) is 36.0 Å². The summed E-state index contributed by atoms with van der Waals surface area (Å²) in [4.78, 5) is 11.9. The number of ketones is 1. The highest BCUT2D eigenvalue weighted by Gasteiger charge is 2.22. The summed E-state index contributed by atoms with van der Waals surface area (Å²) >= 11 is 11.8. The Morgan fingerprint density at radius 1 is 1.31 bits per heavy atom. The maximum absolute atomic E-state index is 11.9. The third kappa shape index (κ3) is 2.33. The van der Waals surface area contributed by atoms with Gasteiger partial charge in [0, 0.05) is 12.0 Å². The first-order chi connectivity index (χ1) is 7.58. The molecule has 0 heterocycles. The number of Topliss-reactive ketones (excluding diaryl/α,β-unsaturated/α-hetero) is 1. The van der Waals surface area contributed by atoms with Crippen molar-refractivity contribution in [3.8, 4) is 0 Å². The number of benzene rings is 1. The summed E-state index contributed by atoms with van der Waals surface area (Å²) in [5.74, 6) is 0.649. The van der Waals surface area contributed by atoms with Gasteiger partial charge in [-0.25, -0.2) is 0 Å². The number of hydrogen-bond donors (Lipinski definition) is 1. The average molecular weight is 258 g/mol. The number of halogens is 2. The van der Waals surface area contributed by atoms with Gasteiger partial charge >= 0.3 is 0 Å². The molecule has 0 unspecified atom stereocenters. The van der Waals surface area contributed by atoms with Gasteiger partial charge < -0.3 is 5.73 Å². The Morgan fingerprint density at radius 3 is 2.31 bits per heavy atom. The lowest BCUT2D eigenvalue weighted by molar-refractivity contribution is 0.0936. The summed E-state index contributed by atoms with van der Waals surface area (Å²) in [6.07, 6.45) is 4.14. The van der Waals surface area contributed by atoms with E-state index in [-0.39, 0.29) is 5.78 Å². The van der Waals surface area contributed by atoms with E-state index in [0.717, 1.165) is 12.8 Å². The van der Waals surface area contributed by atoms with Gasteiger partial charge in [0.1, 0.15) is 0 Å². The van der Waals surface area contributed by atoms with Crippen molar-refractivity contribution in [3.05, 3.63) is 27.7 Å². The predicted octanol–water partition coefficient (Wildman–Crippen LogP) is 3.95. The van der Waals surface area contributed by atoms with E-state index in [1.54, 1.807) is 12.1 Å². The van der Waals surface area contributed by atoms with E-state index in [2.05, 4.69) is 0 Å². The Hall–Kier alpha value is -0.730. The maximum Gasteiger partial charge on any atom is 0.163 e. The van der Waals surface area contributed by atoms with Crippen LogP contribution in [0.25, 0.3) is 0 Å².